The number of guanidine groups is 1. The summed E-state index contributed by atoms with van der Waals surface area (Å²) in [6.07, 6.45) is -1.82. The van der Waals surface area contributed by atoms with Gasteiger partial charge in [-0.25, -0.2) is 8.42 Å². The zero-order valence-electron chi connectivity index (χ0n) is 17.4. The van der Waals surface area contributed by atoms with Crippen LogP contribution in [0.15, 0.2) is 4.99 Å². The van der Waals surface area contributed by atoms with E-state index in [9.17, 15) is 21.6 Å². The van der Waals surface area contributed by atoms with Gasteiger partial charge in [-0.1, -0.05) is 0 Å². The minimum absolute atomic E-state index is 0.0264. The van der Waals surface area contributed by atoms with Gasteiger partial charge in [0.1, 0.15) is 0 Å². The van der Waals surface area contributed by atoms with E-state index in [1.165, 1.54) is 4.90 Å². The van der Waals surface area contributed by atoms with E-state index in [1.807, 2.05) is 6.92 Å². The zero-order chi connectivity index (χ0) is 21.4. The third-order valence-corrected chi connectivity index (χ3v) is 7.47. The molecule has 0 amide bonds. The van der Waals surface area contributed by atoms with Crippen molar-refractivity contribution in [3.63, 3.8) is 0 Å². The smallest absolute Gasteiger partial charge is 0.357 e. The average molecular weight is 429 g/mol. The summed E-state index contributed by atoms with van der Waals surface area (Å²) in [5.74, 6) is 0.969. The number of piperidine rings is 1. The van der Waals surface area contributed by atoms with Crippen LogP contribution in [-0.2, 0) is 9.84 Å². The first-order valence-electron chi connectivity index (χ1n) is 9.87. The lowest BCUT2D eigenvalue weighted by atomic mass is 9.93. The van der Waals surface area contributed by atoms with Crippen LogP contribution in [0.3, 0.4) is 0 Å². The number of rotatable bonds is 8. The molecule has 0 spiro atoms. The van der Waals surface area contributed by atoms with Gasteiger partial charge in [-0.15, -0.1) is 0 Å². The largest absolute Gasteiger partial charge is 0.401 e. The Morgan fingerprint density at radius 1 is 1.14 bits per heavy atom. The van der Waals surface area contributed by atoms with Crippen molar-refractivity contribution in [2.75, 3.05) is 45.0 Å². The second kappa shape index (κ2) is 10.7. The second-order valence-electron chi connectivity index (χ2n) is 8.24. The van der Waals surface area contributed by atoms with Gasteiger partial charge in [-0.3, -0.25) is 9.89 Å². The highest BCUT2D eigenvalue weighted by atomic mass is 32.2. The molecule has 0 aromatic rings. The summed E-state index contributed by atoms with van der Waals surface area (Å²) in [5.41, 5.74) is 0. The second-order valence-corrected chi connectivity index (χ2v) is 11.1. The summed E-state index contributed by atoms with van der Waals surface area (Å²) < 4.78 is 60.8. The highest BCUT2D eigenvalue weighted by Gasteiger charge is 2.32. The van der Waals surface area contributed by atoms with Crippen LogP contribution < -0.4 is 10.6 Å². The summed E-state index contributed by atoms with van der Waals surface area (Å²) in [6.45, 7) is 8.59. The van der Waals surface area contributed by atoms with Crippen molar-refractivity contribution in [2.24, 2.45) is 10.9 Å². The molecule has 2 N–H and O–H groups in total. The standard InChI is InChI=1S/C18H35F3N4O2S/c1-5-22-16(24-10-13-28(26,27)17(2,3)4)23-9-6-15-7-11-25(12-8-15)14-18(19,20)21/h15H,5-14H2,1-4H3,(H2,22,23,24). The van der Waals surface area contributed by atoms with Crippen LogP contribution >= 0.6 is 0 Å². The number of alkyl halides is 3. The monoisotopic (exact) mass is 428 g/mol. The molecular weight excluding hydrogens is 393 g/mol. The van der Waals surface area contributed by atoms with Crippen LogP contribution in [0.2, 0.25) is 0 Å². The molecule has 0 radical (unpaired) electrons. The summed E-state index contributed by atoms with van der Waals surface area (Å²) in [7, 11) is -3.19. The lowest BCUT2D eigenvalue weighted by Gasteiger charge is -2.32. The fourth-order valence-corrected chi connectivity index (χ4v) is 3.98. The maximum atomic E-state index is 12.4. The summed E-state index contributed by atoms with van der Waals surface area (Å²) in [5, 5.41) is 6.13. The third kappa shape index (κ3) is 9.45. The average Bonchev–Trinajstić information content (AvgIpc) is 2.54. The molecule has 10 heteroatoms. The van der Waals surface area contributed by atoms with E-state index in [0.717, 1.165) is 19.3 Å². The number of halogens is 3. The molecule has 1 heterocycles. The summed E-state index contributed by atoms with van der Waals surface area (Å²) in [4.78, 5) is 5.93. The molecule has 28 heavy (non-hydrogen) atoms. The number of hydrogen-bond acceptors (Lipinski definition) is 4. The predicted molar refractivity (Wildman–Crippen MR) is 107 cm³/mol. The molecule has 0 aromatic carbocycles. The van der Waals surface area contributed by atoms with Gasteiger partial charge in [-0.2, -0.15) is 13.2 Å². The lowest BCUT2D eigenvalue weighted by Crippen LogP contribution is -2.42. The Kier molecular flexibility index (Phi) is 9.52. The van der Waals surface area contributed by atoms with Crippen LogP contribution in [0.5, 0.6) is 0 Å². The van der Waals surface area contributed by atoms with Crippen molar-refractivity contribution >= 4 is 15.8 Å². The Morgan fingerprint density at radius 2 is 1.75 bits per heavy atom. The van der Waals surface area contributed by atoms with Crippen molar-refractivity contribution in [3.8, 4) is 0 Å². The predicted octanol–water partition coefficient (Wildman–Crippen LogP) is 2.42. The Hall–Kier alpha value is -1.03. The summed E-state index contributed by atoms with van der Waals surface area (Å²) in [6, 6.07) is 0. The van der Waals surface area contributed by atoms with Gasteiger partial charge in [0.05, 0.1) is 17.0 Å². The van der Waals surface area contributed by atoms with E-state index < -0.39 is 27.3 Å². The summed E-state index contributed by atoms with van der Waals surface area (Å²) >= 11 is 0. The number of sulfone groups is 1. The molecule has 0 bridgehead atoms. The minimum atomic E-state index is -4.13. The first kappa shape index (κ1) is 25.0. The van der Waals surface area contributed by atoms with Crippen molar-refractivity contribution < 1.29 is 21.6 Å². The zero-order valence-corrected chi connectivity index (χ0v) is 18.2. The van der Waals surface area contributed by atoms with E-state index >= 15 is 0 Å². The van der Waals surface area contributed by atoms with Gasteiger partial charge in [0.25, 0.3) is 0 Å². The van der Waals surface area contributed by atoms with E-state index in [0.29, 0.717) is 38.1 Å². The van der Waals surface area contributed by atoms with Crippen LogP contribution in [0.4, 0.5) is 13.2 Å². The molecule has 0 unspecified atom stereocenters. The van der Waals surface area contributed by atoms with Gasteiger partial charge in [-0.05, 0) is 66.0 Å². The SMILES string of the molecule is CCNC(=NCCC1CCN(CC(F)(F)F)CC1)NCCS(=O)(=O)C(C)(C)C. The molecule has 1 aliphatic rings. The number of aliphatic imine (C=N–C) groups is 1. The Morgan fingerprint density at radius 3 is 2.25 bits per heavy atom. The topological polar surface area (TPSA) is 73.8 Å². The first-order chi connectivity index (χ1) is 12.8. The van der Waals surface area contributed by atoms with Gasteiger partial charge >= 0.3 is 6.18 Å². The highest BCUT2D eigenvalue weighted by Crippen LogP contribution is 2.24. The quantitative estimate of drug-likeness (QED) is 0.459. The van der Waals surface area contributed by atoms with E-state index in [2.05, 4.69) is 15.6 Å². The molecule has 0 saturated carbocycles. The molecule has 1 rings (SSSR count). The van der Waals surface area contributed by atoms with Crippen LogP contribution in [0.1, 0.15) is 47.0 Å². The minimum Gasteiger partial charge on any atom is -0.357 e. The van der Waals surface area contributed by atoms with Crippen molar-refractivity contribution in [3.05, 3.63) is 0 Å². The van der Waals surface area contributed by atoms with E-state index in [-0.39, 0.29) is 12.3 Å². The van der Waals surface area contributed by atoms with Gasteiger partial charge in [0.2, 0.25) is 0 Å². The third-order valence-electron chi connectivity index (χ3n) is 4.86. The van der Waals surface area contributed by atoms with Crippen molar-refractivity contribution in [2.45, 2.75) is 57.9 Å². The molecule has 0 aromatic heterocycles. The first-order valence-corrected chi connectivity index (χ1v) is 11.5. The highest BCUT2D eigenvalue weighted by molar-refractivity contribution is 7.92. The lowest BCUT2D eigenvalue weighted by molar-refractivity contribution is -0.148. The number of nitrogens with zero attached hydrogens (tertiary/aromatic N) is 2. The molecule has 1 aliphatic heterocycles. The van der Waals surface area contributed by atoms with Crippen LogP contribution in [-0.4, -0.2) is 75.2 Å². The fraction of sp³-hybridized carbons (Fsp3) is 0.944. The van der Waals surface area contributed by atoms with Crippen molar-refractivity contribution in [1.29, 1.82) is 0 Å². The molecule has 1 fully saturated rings. The van der Waals surface area contributed by atoms with Crippen LogP contribution in [0.25, 0.3) is 0 Å². The molecule has 0 aliphatic carbocycles. The van der Waals surface area contributed by atoms with Gasteiger partial charge in [0.15, 0.2) is 15.8 Å². The Balaban J connectivity index is 2.39. The maximum Gasteiger partial charge on any atom is 0.401 e. The van der Waals surface area contributed by atoms with E-state index in [4.69, 9.17) is 0 Å². The molecule has 0 atom stereocenters. The maximum absolute atomic E-state index is 12.4. The Labute approximate surface area is 167 Å². The molecule has 166 valence electrons. The molecular formula is C18H35F3N4O2S. The van der Waals surface area contributed by atoms with Gasteiger partial charge in [0, 0.05) is 19.6 Å². The number of likely N-dealkylation sites (tertiary alicyclic amines) is 1. The van der Waals surface area contributed by atoms with E-state index in [1.54, 1.807) is 20.8 Å². The Bertz CT molecular complexity index is 593. The fourth-order valence-electron chi connectivity index (χ4n) is 3.00. The molecule has 6 nitrogen and oxygen atoms in total. The normalized spacial score (nSPS) is 18.3. The van der Waals surface area contributed by atoms with Crippen LogP contribution in [0, 0.1) is 5.92 Å². The van der Waals surface area contributed by atoms with Crippen molar-refractivity contribution in [1.82, 2.24) is 15.5 Å². The number of hydrogen-bond donors (Lipinski definition) is 2. The molecule has 1 saturated heterocycles. The van der Waals surface area contributed by atoms with Gasteiger partial charge < -0.3 is 10.6 Å². The number of nitrogens with one attached hydrogen (secondary N) is 2.